The van der Waals surface area contributed by atoms with E-state index in [9.17, 15) is 14.4 Å². The molecule has 0 bridgehead atoms. The van der Waals surface area contributed by atoms with Crippen LogP contribution >= 0.6 is 0 Å². The van der Waals surface area contributed by atoms with E-state index in [-0.39, 0.29) is 30.9 Å². The first-order valence-electron chi connectivity index (χ1n) is 11.0. The number of benzene rings is 2. The fourth-order valence-electron chi connectivity index (χ4n) is 4.10. The number of rotatable bonds is 10. The number of hydrogen-bond acceptors (Lipinski definition) is 4. The van der Waals surface area contributed by atoms with E-state index < -0.39 is 18.1 Å². The molecular formula is C25H30N2O5. The molecule has 0 spiro atoms. The Labute approximate surface area is 188 Å². The summed E-state index contributed by atoms with van der Waals surface area (Å²) in [5.74, 6) is -1.30. The number of ether oxygens (including phenoxy) is 1. The SMILES string of the molecule is CCC[C@@H](NC(=O)OCC1c2ccccc2-c2ccccc21)C(=O)NC(C)CCC(=O)O. The molecule has 2 atom stereocenters. The van der Waals surface area contributed by atoms with Crippen LogP contribution in [0.3, 0.4) is 0 Å². The molecule has 0 heterocycles. The van der Waals surface area contributed by atoms with Crippen LogP contribution in [0.5, 0.6) is 0 Å². The molecule has 2 amide bonds. The maximum absolute atomic E-state index is 12.6. The lowest BCUT2D eigenvalue weighted by Crippen LogP contribution is -2.49. The van der Waals surface area contributed by atoms with Gasteiger partial charge < -0.3 is 20.5 Å². The number of aliphatic carboxylic acids is 1. The van der Waals surface area contributed by atoms with Crippen LogP contribution in [0.4, 0.5) is 4.79 Å². The van der Waals surface area contributed by atoms with Gasteiger partial charge in [-0.1, -0.05) is 61.9 Å². The van der Waals surface area contributed by atoms with Gasteiger partial charge in [-0.05, 0) is 42.0 Å². The number of carboxylic acid groups (broad SMARTS) is 1. The molecule has 7 nitrogen and oxygen atoms in total. The van der Waals surface area contributed by atoms with Crippen LogP contribution in [0, 0.1) is 0 Å². The second-order valence-electron chi connectivity index (χ2n) is 8.15. The topological polar surface area (TPSA) is 105 Å². The van der Waals surface area contributed by atoms with Crippen molar-refractivity contribution in [2.75, 3.05) is 6.61 Å². The normalized spacial score (nSPS) is 14.1. The highest BCUT2D eigenvalue weighted by Gasteiger charge is 2.29. The van der Waals surface area contributed by atoms with E-state index in [4.69, 9.17) is 9.84 Å². The second-order valence-corrected chi connectivity index (χ2v) is 8.15. The Kier molecular flexibility index (Phi) is 7.87. The first-order chi connectivity index (χ1) is 15.4. The third-order valence-corrected chi connectivity index (χ3v) is 5.71. The van der Waals surface area contributed by atoms with Crippen molar-refractivity contribution in [1.82, 2.24) is 10.6 Å². The Hall–Kier alpha value is -3.35. The van der Waals surface area contributed by atoms with E-state index in [1.165, 1.54) is 0 Å². The summed E-state index contributed by atoms with van der Waals surface area (Å²) in [6, 6.07) is 15.2. The van der Waals surface area contributed by atoms with Gasteiger partial charge in [0.15, 0.2) is 0 Å². The number of carbonyl (C=O) groups is 3. The molecule has 0 aliphatic heterocycles. The smallest absolute Gasteiger partial charge is 0.407 e. The van der Waals surface area contributed by atoms with Gasteiger partial charge >= 0.3 is 12.1 Å². The zero-order valence-corrected chi connectivity index (χ0v) is 18.5. The van der Waals surface area contributed by atoms with Crippen molar-refractivity contribution >= 4 is 18.0 Å². The van der Waals surface area contributed by atoms with Gasteiger partial charge in [0.2, 0.25) is 5.91 Å². The van der Waals surface area contributed by atoms with Crippen molar-refractivity contribution in [1.29, 1.82) is 0 Å². The predicted octanol–water partition coefficient (Wildman–Crippen LogP) is 4.06. The molecule has 7 heteroatoms. The molecule has 0 aromatic heterocycles. The minimum atomic E-state index is -0.909. The summed E-state index contributed by atoms with van der Waals surface area (Å²) in [7, 11) is 0. The Morgan fingerprint density at radius 2 is 1.56 bits per heavy atom. The number of amides is 2. The zero-order chi connectivity index (χ0) is 23.1. The molecule has 32 heavy (non-hydrogen) atoms. The van der Waals surface area contributed by atoms with Crippen LogP contribution in [0.1, 0.15) is 56.6 Å². The largest absolute Gasteiger partial charge is 0.481 e. The van der Waals surface area contributed by atoms with Crippen molar-refractivity contribution in [3.63, 3.8) is 0 Å². The first kappa shape index (κ1) is 23.3. The molecule has 0 radical (unpaired) electrons. The van der Waals surface area contributed by atoms with Gasteiger partial charge in [0, 0.05) is 18.4 Å². The van der Waals surface area contributed by atoms with Gasteiger partial charge in [0.25, 0.3) is 0 Å². The molecular weight excluding hydrogens is 408 g/mol. The van der Waals surface area contributed by atoms with E-state index in [1.807, 2.05) is 43.3 Å². The number of fused-ring (bicyclic) bond motifs is 3. The average Bonchev–Trinajstić information content (AvgIpc) is 3.10. The quantitative estimate of drug-likeness (QED) is 0.519. The van der Waals surface area contributed by atoms with Crippen molar-refractivity contribution in [3.05, 3.63) is 59.7 Å². The maximum atomic E-state index is 12.6. The van der Waals surface area contributed by atoms with Gasteiger partial charge in [-0.15, -0.1) is 0 Å². The second kappa shape index (κ2) is 10.8. The summed E-state index contributed by atoms with van der Waals surface area (Å²) in [5, 5.41) is 14.2. The van der Waals surface area contributed by atoms with Crippen LogP contribution in [-0.2, 0) is 14.3 Å². The highest BCUT2D eigenvalue weighted by atomic mass is 16.5. The summed E-state index contributed by atoms with van der Waals surface area (Å²) >= 11 is 0. The van der Waals surface area contributed by atoms with E-state index in [2.05, 4.69) is 22.8 Å². The van der Waals surface area contributed by atoms with Crippen molar-refractivity contribution in [2.24, 2.45) is 0 Å². The lowest BCUT2D eigenvalue weighted by Gasteiger charge is -2.21. The first-order valence-corrected chi connectivity index (χ1v) is 11.0. The third kappa shape index (κ3) is 5.66. The molecule has 2 aromatic rings. The maximum Gasteiger partial charge on any atom is 0.407 e. The Bertz CT molecular complexity index is 929. The Morgan fingerprint density at radius 3 is 2.12 bits per heavy atom. The van der Waals surface area contributed by atoms with Gasteiger partial charge in [0.05, 0.1) is 0 Å². The third-order valence-electron chi connectivity index (χ3n) is 5.71. The molecule has 0 fully saturated rings. The summed E-state index contributed by atoms with van der Waals surface area (Å²) in [6.07, 6.45) is 0.816. The van der Waals surface area contributed by atoms with Crippen LogP contribution in [0.25, 0.3) is 11.1 Å². The highest BCUT2D eigenvalue weighted by molar-refractivity contribution is 5.86. The average molecular weight is 439 g/mol. The minimum absolute atomic E-state index is 0.0281. The molecule has 1 aliphatic rings. The summed E-state index contributed by atoms with van der Waals surface area (Å²) < 4.78 is 5.54. The van der Waals surface area contributed by atoms with E-state index in [0.29, 0.717) is 19.3 Å². The van der Waals surface area contributed by atoms with Crippen molar-refractivity contribution in [3.8, 4) is 11.1 Å². The summed E-state index contributed by atoms with van der Waals surface area (Å²) in [4.78, 5) is 35.8. The summed E-state index contributed by atoms with van der Waals surface area (Å²) in [5.41, 5.74) is 4.54. The van der Waals surface area contributed by atoms with Crippen LogP contribution in [0.15, 0.2) is 48.5 Å². The Balaban J connectivity index is 1.59. The molecule has 2 aromatic carbocycles. The molecule has 1 unspecified atom stereocenters. The fourth-order valence-corrected chi connectivity index (χ4v) is 4.10. The van der Waals surface area contributed by atoms with Crippen molar-refractivity contribution < 1.29 is 24.2 Å². The van der Waals surface area contributed by atoms with E-state index in [1.54, 1.807) is 6.92 Å². The van der Waals surface area contributed by atoms with Gasteiger partial charge in [-0.3, -0.25) is 9.59 Å². The van der Waals surface area contributed by atoms with Gasteiger partial charge in [-0.2, -0.15) is 0 Å². The fraction of sp³-hybridized carbons (Fsp3) is 0.400. The minimum Gasteiger partial charge on any atom is -0.481 e. The van der Waals surface area contributed by atoms with E-state index >= 15 is 0 Å². The van der Waals surface area contributed by atoms with Crippen LogP contribution in [-0.4, -0.2) is 41.8 Å². The monoisotopic (exact) mass is 438 g/mol. The van der Waals surface area contributed by atoms with E-state index in [0.717, 1.165) is 22.3 Å². The number of alkyl carbamates (subject to hydrolysis) is 1. The van der Waals surface area contributed by atoms with Crippen LogP contribution in [0.2, 0.25) is 0 Å². The number of carbonyl (C=O) groups excluding carboxylic acids is 2. The number of carboxylic acids is 1. The molecule has 0 saturated heterocycles. The molecule has 0 saturated carbocycles. The molecule has 1 aliphatic carbocycles. The van der Waals surface area contributed by atoms with Gasteiger partial charge in [0.1, 0.15) is 12.6 Å². The number of nitrogens with one attached hydrogen (secondary N) is 2. The summed E-state index contributed by atoms with van der Waals surface area (Å²) in [6.45, 7) is 3.85. The standard InChI is InChI=1S/C25H30N2O5/c1-3-8-22(24(30)26-16(2)13-14-23(28)29)27-25(31)32-15-21-19-11-6-4-9-17(19)18-10-5-7-12-20(18)21/h4-7,9-12,16,21-22H,3,8,13-15H2,1-2H3,(H,26,30)(H,27,31)(H,28,29)/t16?,22-/m1/s1. The lowest BCUT2D eigenvalue weighted by molar-refractivity contribution is -0.137. The molecule has 3 rings (SSSR count). The van der Waals surface area contributed by atoms with Gasteiger partial charge in [-0.25, -0.2) is 4.79 Å². The molecule has 170 valence electrons. The Morgan fingerprint density at radius 1 is 0.969 bits per heavy atom. The van der Waals surface area contributed by atoms with Crippen molar-refractivity contribution in [2.45, 2.75) is 57.5 Å². The zero-order valence-electron chi connectivity index (χ0n) is 18.5. The highest BCUT2D eigenvalue weighted by Crippen LogP contribution is 2.44. The number of hydrogen-bond donors (Lipinski definition) is 3. The van der Waals surface area contributed by atoms with Crippen LogP contribution < -0.4 is 10.6 Å². The lowest BCUT2D eigenvalue weighted by atomic mass is 9.98. The predicted molar refractivity (Wildman–Crippen MR) is 121 cm³/mol. The molecule has 3 N–H and O–H groups in total.